The Morgan fingerprint density at radius 3 is 2.63 bits per heavy atom. The predicted molar refractivity (Wildman–Crippen MR) is 80.9 cm³/mol. The van der Waals surface area contributed by atoms with Crippen molar-refractivity contribution in [1.29, 1.82) is 0 Å². The SMILES string of the molecule is Cc1ccc(CNC(=O)C2CCNCC2)cn1.Cl.Cl. The molecule has 1 aromatic rings. The molecule has 6 heteroatoms. The molecule has 0 aromatic carbocycles. The van der Waals surface area contributed by atoms with E-state index >= 15 is 0 Å². The van der Waals surface area contributed by atoms with Gasteiger partial charge in [-0.3, -0.25) is 9.78 Å². The van der Waals surface area contributed by atoms with Gasteiger partial charge in [-0.05, 0) is 44.5 Å². The molecule has 1 fully saturated rings. The number of nitrogens with zero attached hydrogens (tertiary/aromatic N) is 1. The van der Waals surface area contributed by atoms with Gasteiger partial charge in [0.2, 0.25) is 5.91 Å². The second kappa shape index (κ2) is 9.13. The van der Waals surface area contributed by atoms with E-state index in [1.807, 2.05) is 25.3 Å². The molecule has 2 N–H and O–H groups in total. The molecule has 1 aliphatic heterocycles. The molecule has 1 aliphatic rings. The van der Waals surface area contributed by atoms with E-state index < -0.39 is 0 Å². The number of hydrogen-bond donors (Lipinski definition) is 2. The Balaban J connectivity index is 0.00000162. The molecular formula is C13H21Cl2N3O. The highest BCUT2D eigenvalue weighted by Gasteiger charge is 2.20. The van der Waals surface area contributed by atoms with E-state index in [1.54, 1.807) is 0 Å². The van der Waals surface area contributed by atoms with Crippen molar-refractivity contribution in [1.82, 2.24) is 15.6 Å². The van der Waals surface area contributed by atoms with Crippen LogP contribution in [-0.4, -0.2) is 24.0 Å². The van der Waals surface area contributed by atoms with Crippen LogP contribution in [0, 0.1) is 12.8 Å². The average molecular weight is 306 g/mol. The highest BCUT2D eigenvalue weighted by molar-refractivity contribution is 5.85. The average Bonchev–Trinajstić information content (AvgIpc) is 2.39. The second-order valence-corrected chi connectivity index (χ2v) is 4.55. The van der Waals surface area contributed by atoms with Crippen LogP contribution in [0.3, 0.4) is 0 Å². The van der Waals surface area contributed by atoms with Crippen molar-refractivity contribution >= 4 is 30.7 Å². The van der Waals surface area contributed by atoms with Crippen LogP contribution in [-0.2, 0) is 11.3 Å². The highest BCUT2D eigenvalue weighted by atomic mass is 35.5. The van der Waals surface area contributed by atoms with Crippen LogP contribution in [0.15, 0.2) is 18.3 Å². The molecule has 0 aliphatic carbocycles. The van der Waals surface area contributed by atoms with Gasteiger partial charge in [-0.15, -0.1) is 24.8 Å². The van der Waals surface area contributed by atoms with E-state index in [9.17, 15) is 4.79 Å². The Bertz CT molecular complexity index is 378. The summed E-state index contributed by atoms with van der Waals surface area (Å²) in [4.78, 5) is 16.1. The van der Waals surface area contributed by atoms with E-state index in [0.29, 0.717) is 6.54 Å². The summed E-state index contributed by atoms with van der Waals surface area (Å²) < 4.78 is 0. The lowest BCUT2D eigenvalue weighted by Crippen LogP contribution is -2.37. The van der Waals surface area contributed by atoms with Crippen LogP contribution >= 0.6 is 24.8 Å². The number of rotatable bonds is 3. The van der Waals surface area contributed by atoms with Crippen molar-refractivity contribution in [2.75, 3.05) is 13.1 Å². The van der Waals surface area contributed by atoms with E-state index in [1.165, 1.54) is 0 Å². The normalized spacial score (nSPS) is 15.0. The number of carbonyl (C=O) groups excluding carboxylic acids is 1. The first-order valence-electron chi connectivity index (χ1n) is 6.15. The molecule has 108 valence electrons. The van der Waals surface area contributed by atoms with E-state index in [2.05, 4.69) is 15.6 Å². The van der Waals surface area contributed by atoms with Gasteiger partial charge in [0.15, 0.2) is 0 Å². The van der Waals surface area contributed by atoms with Crippen molar-refractivity contribution in [2.24, 2.45) is 5.92 Å². The maximum absolute atomic E-state index is 11.9. The van der Waals surface area contributed by atoms with Crippen molar-refractivity contribution in [3.05, 3.63) is 29.6 Å². The Morgan fingerprint density at radius 2 is 2.05 bits per heavy atom. The Kier molecular flexibility index (Phi) is 8.72. The highest BCUT2D eigenvalue weighted by Crippen LogP contribution is 2.11. The third kappa shape index (κ3) is 5.76. The number of carbonyl (C=O) groups is 1. The van der Waals surface area contributed by atoms with Crippen molar-refractivity contribution < 1.29 is 4.79 Å². The molecule has 2 heterocycles. The topological polar surface area (TPSA) is 54.0 Å². The number of halogens is 2. The number of hydrogen-bond acceptors (Lipinski definition) is 3. The number of amides is 1. The monoisotopic (exact) mass is 305 g/mol. The van der Waals surface area contributed by atoms with Gasteiger partial charge in [0.25, 0.3) is 0 Å². The maximum Gasteiger partial charge on any atom is 0.223 e. The molecule has 0 atom stereocenters. The fraction of sp³-hybridized carbons (Fsp3) is 0.538. The zero-order valence-corrected chi connectivity index (χ0v) is 12.6. The molecule has 1 saturated heterocycles. The Labute approximate surface area is 126 Å². The first-order valence-corrected chi connectivity index (χ1v) is 6.15. The summed E-state index contributed by atoms with van der Waals surface area (Å²) in [6, 6.07) is 3.97. The minimum absolute atomic E-state index is 0. The molecule has 0 bridgehead atoms. The van der Waals surface area contributed by atoms with Crippen molar-refractivity contribution in [3.63, 3.8) is 0 Å². The zero-order valence-electron chi connectivity index (χ0n) is 11.0. The summed E-state index contributed by atoms with van der Waals surface area (Å²) in [7, 11) is 0. The van der Waals surface area contributed by atoms with E-state index in [4.69, 9.17) is 0 Å². The largest absolute Gasteiger partial charge is 0.352 e. The second-order valence-electron chi connectivity index (χ2n) is 4.55. The minimum atomic E-state index is 0. The molecule has 19 heavy (non-hydrogen) atoms. The van der Waals surface area contributed by atoms with Crippen LogP contribution in [0.1, 0.15) is 24.1 Å². The lowest BCUT2D eigenvalue weighted by atomic mass is 9.97. The number of aromatic nitrogens is 1. The third-order valence-electron chi connectivity index (χ3n) is 3.15. The predicted octanol–water partition coefficient (Wildman–Crippen LogP) is 1.85. The quantitative estimate of drug-likeness (QED) is 0.896. The number of nitrogens with one attached hydrogen (secondary N) is 2. The molecule has 1 amide bonds. The Morgan fingerprint density at radius 1 is 1.37 bits per heavy atom. The molecule has 1 aromatic heterocycles. The number of aryl methyl sites for hydroxylation is 1. The van der Waals surface area contributed by atoms with Gasteiger partial charge in [0.1, 0.15) is 0 Å². The molecule has 0 spiro atoms. The van der Waals surface area contributed by atoms with E-state index in [-0.39, 0.29) is 36.6 Å². The smallest absolute Gasteiger partial charge is 0.223 e. The number of pyridine rings is 1. The maximum atomic E-state index is 11.9. The summed E-state index contributed by atoms with van der Waals surface area (Å²) in [5.74, 6) is 0.349. The van der Waals surface area contributed by atoms with Crippen LogP contribution < -0.4 is 10.6 Å². The fourth-order valence-corrected chi connectivity index (χ4v) is 2.02. The summed E-state index contributed by atoms with van der Waals surface area (Å²) in [5, 5.41) is 6.24. The number of piperidine rings is 1. The van der Waals surface area contributed by atoms with Crippen molar-refractivity contribution in [2.45, 2.75) is 26.3 Å². The van der Waals surface area contributed by atoms with Gasteiger partial charge in [0.05, 0.1) is 0 Å². The minimum Gasteiger partial charge on any atom is -0.352 e. The van der Waals surface area contributed by atoms with Crippen LogP contribution in [0.4, 0.5) is 0 Å². The van der Waals surface area contributed by atoms with Crippen molar-refractivity contribution in [3.8, 4) is 0 Å². The first-order chi connectivity index (χ1) is 8.25. The van der Waals surface area contributed by atoms with Gasteiger partial charge >= 0.3 is 0 Å². The van der Waals surface area contributed by atoms with Gasteiger partial charge in [-0.25, -0.2) is 0 Å². The summed E-state index contributed by atoms with van der Waals surface area (Å²) in [6.07, 6.45) is 3.70. The molecule has 0 radical (unpaired) electrons. The van der Waals surface area contributed by atoms with Crippen LogP contribution in [0.2, 0.25) is 0 Å². The summed E-state index contributed by atoms with van der Waals surface area (Å²) in [5.41, 5.74) is 2.05. The van der Waals surface area contributed by atoms with Gasteiger partial charge < -0.3 is 10.6 Å². The third-order valence-corrected chi connectivity index (χ3v) is 3.15. The lowest BCUT2D eigenvalue weighted by molar-refractivity contribution is -0.125. The molecule has 2 rings (SSSR count). The van der Waals surface area contributed by atoms with Crippen LogP contribution in [0.25, 0.3) is 0 Å². The fourth-order valence-electron chi connectivity index (χ4n) is 2.02. The first kappa shape index (κ1) is 18.2. The summed E-state index contributed by atoms with van der Waals surface area (Å²) in [6.45, 7) is 4.43. The standard InChI is InChI=1S/C13H19N3O.2ClH/c1-10-2-3-11(8-15-10)9-16-13(17)12-4-6-14-7-5-12;;/h2-3,8,12,14H,4-7,9H2,1H3,(H,16,17);2*1H. The molecule has 4 nitrogen and oxygen atoms in total. The zero-order chi connectivity index (χ0) is 12.1. The van der Waals surface area contributed by atoms with Gasteiger partial charge in [0, 0.05) is 24.4 Å². The van der Waals surface area contributed by atoms with Crippen LogP contribution in [0.5, 0.6) is 0 Å². The van der Waals surface area contributed by atoms with E-state index in [0.717, 1.165) is 37.2 Å². The molecule has 0 saturated carbocycles. The Hall–Kier alpha value is -0.840. The molecular weight excluding hydrogens is 285 g/mol. The molecule has 0 unspecified atom stereocenters. The van der Waals surface area contributed by atoms with Gasteiger partial charge in [-0.1, -0.05) is 6.07 Å². The lowest BCUT2D eigenvalue weighted by Gasteiger charge is -2.21. The summed E-state index contributed by atoms with van der Waals surface area (Å²) >= 11 is 0. The van der Waals surface area contributed by atoms with Gasteiger partial charge in [-0.2, -0.15) is 0 Å².